The summed E-state index contributed by atoms with van der Waals surface area (Å²) in [5.74, 6) is 1.75. The van der Waals surface area contributed by atoms with Crippen molar-refractivity contribution in [3.05, 3.63) is 29.8 Å². The SMILES string of the molecule is Cc1ccc(OCC(O)CN2CCN(C3CCC(C)CC3)CC2)cc1. The number of β-amino-alcohol motifs (C(OH)–C–C–N with tert-alkyl or cyclic N) is 1. The van der Waals surface area contributed by atoms with E-state index in [0.717, 1.165) is 43.9 Å². The average molecular weight is 347 g/mol. The first-order valence-corrected chi connectivity index (χ1v) is 9.94. The molecule has 1 N–H and O–H groups in total. The van der Waals surface area contributed by atoms with Crippen LogP contribution in [0.5, 0.6) is 5.75 Å². The van der Waals surface area contributed by atoms with Crippen LogP contribution in [0.1, 0.15) is 38.2 Å². The summed E-state index contributed by atoms with van der Waals surface area (Å²) in [5, 5.41) is 10.3. The lowest BCUT2D eigenvalue weighted by Crippen LogP contribution is -2.52. The molecule has 1 aliphatic heterocycles. The fourth-order valence-corrected chi connectivity index (χ4v) is 4.10. The predicted molar refractivity (Wildman–Crippen MR) is 102 cm³/mol. The van der Waals surface area contributed by atoms with Crippen molar-refractivity contribution < 1.29 is 9.84 Å². The van der Waals surface area contributed by atoms with Crippen molar-refractivity contribution in [2.24, 2.45) is 5.92 Å². The number of benzene rings is 1. The van der Waals surface area contributed by atoms with Crippen molar-refractivity contribution in [3.8, 4) is 5.75 Å². The first kappa shape index (κ1) is 18.7. The monoisotopic (exact) mass is 346 g/mol. The van der Waals surface area contributed by atoms with E-state index in [2.05, 4.69) is 23.6 Å². The van der Waals surface area contributed by atoms with Gasteiger partial charge < -0.3 is 9.84 Å². The maximum Gasteiger partial charge on any atom is 0.119 e. The third-order valence-electron chi connectivity index (χ3n) is 5.84. The molecule has 2 aliphatic rings. The zero-order chi connectivity index (χ0) is 17.6. The minimum absolute atomic E-state index is 0.365. The first-order chi connectivity index (χ1) is 12.1. The highest BCUT2D eigenvalue weighted by molar-refractivity contribution is 5.26. The van der Waals surface area contributed by atoms with E-state index in [0.29, 0.717) is 13.2 Å². The fraction of sp³-hybridized carbons (Fsp3) is 0.714. The van der Waals surface area contributed by atoms with Crippen LogP contribution in [-0.4, -0.2) is 66.4 Å². The number of rotatable bonds is 6. The van der Waals surface area contributed by atoms with E-state index >= 15 is 0 Å². The van der Waals surface area contributed by atoms with E-state index in [9.17, 15) is 5.11 Å². The predicted octanol–water partition coefficient (Wildman–Crippen LogP) is 2.93. The summed E-state index contributed by atoms with van der Waals surface area (Å²) >= 11 is 0. The van der Waals surface area contributed by atoms with Gasteiger partial charge in [0.1, 0.15) is 18.5 Å². The normalized spacial score (nSPS) is 27.2. The van der Waals surface area contributed by atoms with Crippen LogP contribution in [0.15, 0.2) is 24.3 Å². The van der Waals surface area contributed by atoms with Crippen molar-refractivity contribution >= 4 is 0 Å². The van der Waals surface area contributed by atoms with Gasteiger partial charge in [0.15, 0.2) is 0 Å². The molecular formula is C21H34N2O2. The van der Waals surface area contributed by atoms with Crippen molar-refractivity contribution in [2.75, 3.05) is 39.3 Å². The van der Waals surface area contributed by atoms with Gasteiger partial charge in [0.05, 0.1) is 0 Å². The van der Waals surface area contributed by atoms with E-state index in [1.807, 2.05) is 24.3 Å². The molecule has 4 heteroatoms. The third-order valence-corrected chi connectivity index (χ3v) is 5.84. The van der Waals surface area contributed by atoms with E-state index < -0.39 is 6.10 Å². The van der Waals surface area contributed by atoms with Crippen molar-refractivity contribution in [1.29, 1.82) is 0 Å². The minimum Gasteiger partial charge on any atom is -0.491 e. The number of ether oxygens (including phenoxy) is 1. The van der Waals surface area contributed by atoms with E-state index in [1.54, 1.807) is 0 Å². The maximum atomic E-state index is 10.3. The zero-order valence-corrected chi connectivity index (χ0v) is 15.9. The Balaban J connectivity index is 1.34. The number of piperazine rings is 1. The van der Waals surface area contributed by atoms with Gasteiger partial charge in [-0.2, -0.15) is 0 Å². The maximum absolute atomic E-state index is 10.3. The third kappa shape index (κ3) is 5.70. The van der Waals surface area contributed by atoms with Gasteiger partial charge in [-0.1, -0.05) is 24.6 Å². The summed E-state index contributed by atoms with van der Waals surface area (Å²) < 4.78 is 5.70. The zero-order valence-electron chi connectivity index (χ0n) is 15.9. The van der Waals surface area contributed by atoms with Gasteiger partial charge in [0.25, 0.3) is 0 Å². The molecule has 1 aromatic rings. The summed E-state index contributed by atoms with van der Waals surface area (Å²) in [6.07, 6.45) is 5.09. The Bertz CT molecular complexity index is 503. The van der Waals surface area contributed by atoms with Crippen LogP contribution in [0.3, 0.4) is 0 Å². The fourth-order valence-electron chi connectivity index (χ4n) is 4.10. The van der Waals surface area contributed by atoms with Gasteiger partial charge in [-0.05, 0) is 50.7 Å². The lowest BCUT2D eigenvalue weighted by atomic mass is 9.86. The topological polar surface area (TPSA) is 35.9 Å². The molecule has 140 valence electrons. The molecule has 0 spiro atoms. The molecule has 1 aromatic carbocycles. The molecule has 1 saturated carbocycles. The second-order valence-electron chi connectivity index (χ2n) is 8.03. The van der Waals surface area contributed by atoms with Crippen molar-refractivity contribution in [1.82, 2.24) is 9.80 Å². The van der Waals surface area contributed by atoms with E-state index in [1.165, 1.54) is 31.2 Å². The van der Waals surface area contributed by atoms with Crippen LogP contribution in [0.2, 0.25) is 0 Å². The Hall–Kier alpha value is -1.10. The standard InChI is InChI=1S/C21H34N2O2/c1-17-3-7-19(8-4-17)23-13-11-22(12-14-23)15-20(24)16-25-21-9-5-18(2)6-10-21/h5-6,9-10,17,19-20,24H,3-4,7-8,11-16H2,1-2H3. The Morgan fingerprint density at radius 2 is 1.68 bits per heavy atom. The highest BCUT2D eigenvalue weighted by Crippen LogP contribution is 2.27. The molecule has 1 saturated heterocycles. The Labute approximate surface area is 152 Å². The molecule has 0 aromatic heterocycles. The smallest absolute Gasteiger partial charge is 0.119 e. The van der Waals surface area contributed by atoms with Gasteiger partial charge in [0.2, 0.25) is 0 Å². The molecular weight excluding hydrogens is 312 g/mol. The molecule has 2 fully saturated rings. The first-order valence-electron chi connectivity index (χ1n) is 9.94. The second kappa shape index (κ2) is 9.02. The van der Waals surface area contributed by atoms with Crippen LogP contribution >= 0.6 is 0 Å². The van der Waals surface area contributed by atoms with Gasteiger partial charge in [-0.3, -0.25) is 9.80 Å². The molecule has 1 unspecified atom stereocenters. The van der Waals surface area contributed by atoms with Crippen LogP contribution in [0, 0.1) is 12.8 Å². The second-order valence-corrected chi connectivity index (χ2v) is 8.03. The Kier molecular flexibility index (Phi) is 6.74. The molecule has 1 aliphatic carbocycles. The molecule has 0 bridgehead atoms. The lowest BCUT2D eigenvalue weighted by Gasteiger charge is -2.42. The van der Waals surface area contributed by atoms with Crippen LogP contribution in [0.4, 0.5) is 0 Å². The van der Waals surface area contributed by atoms with E-state index in [4.69, 9.17) is 4.74 Å². The summed E-state index contributed by atoms with van der Waals surface area (Å²) in [4.78, 5) is 5.06. The van der Waals surface area contributed by atoms with Gasteiger partial charge in [-0.15, -0.1) is 0 Å². The molecule has 4 nitrogen and oxygen atoms in total. The summed E-state index contributed by atoms with van der Waals surface area (Å²) in [6.45, 7) is 9.93. The highest BCUT2D eigenvalue weighted by atomic mass is 16.5. The minimum atomic E-state index is -0.427. The number of hydrogen-bond donors (Lipinski definition) is 1. The summed E-state index contributed by atoms with van der Waals surface area (Å²) in [6, 6.07) is 8.80. The molecule has 0 amide bonds. The van der Waals surface area contributed by atoms with Crippen molar-refractivity contribution in [2.45, 2.75) is 51.7 Å². The molecule has 3 rings (SSSR count). The quantitative estimate of drug-likeness (QED) is 0.859. The number of hydrogen-bond acceptors (Lipinski definition) is 4. The van der Waals surface area contributed by atoms with Gasteiger partial charge in [0, 0.05) is 38.8 Å². The molecule has 1 atom stereocenters. The van der Waals surface area contributed by atoms with Crippen LogP contribution < -0.4 is 4.74 Å². The average Bonchev–Trinajstić information content (AvgIpc) is 2.63. The van der Waals surface area contributed by atoms with Crippen molar-refractivity contribution in [3.63, 3.8) is 0 Å². The molecule has 25 heavy (non-hydrogen) atoms. The number of aliphatic hydroxyl groups excluding tert-OH is 1. The van der Waals surface area contributed by atoms with Gasteiger partial charge in [-0.25, -0.2) is 0 Å². The summed E-state index contributed by atoms with van der Waals surface area (Å²) in [5.41, 5.74) is 1.22. The largest absolute Gasteiger partial charge is 0.491 e. The Morgan fingerprint density at radius 1 is 1.04 bits per heavy atom. The number of aliphatic hydroxyl groups is 1. The van der Waals surface area contributed by atoms with E-state index in [-0.39, 0.29) is 0 Å². The van der Waals surface area contributed by atoms with Gasteiger partial charge >= 0.3 is 0 Å². The number of aryl methyl sites for hydroxylation is 1. The lowest BCUT2D eigenvalue weighted by molar-refractivity contribution is 0.0290. The molecule has 1 heterocycles. The number of nitrogens with zero attached hydrogens (tertiary/aromatic N) is 2. The highest BCUT2D eigenvalue weighted by Gasteiger charge is 2.27. The van der Waals surface area contributed by atoms with Crippen LogP contribution in [0.25, 0.3) is 0 Å². The molecule has 0 radical (unpaired) electrons. The Morgan fingerprint density at radius 3 is 2.32 bits per heavy atom. The summed E-state index contributed by atoms with van der Waals surface area (Å²) in [7, 11) is 0. The van der Waals surface area contributed by atoms with Crippen LogP contribution in [-0.2, 0) is 0 Å².